The summed E-state index contributed by atoms with van der Waals surface area (Å²) in [6.45, 7) is 0. The fourth-order valence-electron chi connectivity index (χ4n) is 2.63. The van der Waals surface area contributed by atoms with Gasteiger partial charge in [-0.15, -0.1) is 0 Å². The second-order valence-corrected chi connectivity index (χ2v) is 5.50. The Kier molecular flexibility index (Phi) is 3.29. The molecule has 2 N–H and O–H groups in total. The van der Waals surface area contributed by atoms with Crippen LogP contribution in [0, 0.1) is 0 Å². The van der Waals surface area contributed by atoms with Gasteiger partial charge in [0.05, 0.1) is 27.7 Å². The van der Waals surface area contributed by atoms with E-state index in [2.05, 4.69) is 9.97 Å². The van der Waals surface area contributed by atoms with E-state index in [1.807, 2.05) is 0 Å². The second-order valence-electron chi connectivity index (χ2n) is 5.50. The summed E-state index contributed by atoms with van der Waals surface area (Å²) in [7, 11) is 0. The van der Waals surface area contributed by atoms with Gasteiger partial charge in [0, 0.05) is 0 Å². The lowest BCUT2D eigenvalue weighted by molar-refractivity contribution is -0.0584. The number of hydrogen-bond acceptors (Lipinski definition) is 6. The number of aromatic amines is 2. The number of hydrogen-bond donors (Lipinski definition) is 2. The summed E-state index contributed by atoms with van der Waals surface area (Å²) >= 11 is 0. The molecule has 0 unspecified atom stereocenters. The molecule has 4 rings (SSSR count). The molecule has 9 heteroatoms. The van der Waals surface area contributed by atoms with Gasteiger partial charge in [-0.2, -0.15) is 0 Å². The molecular formula is C17H9N3O6. The van der Waals surface area contributed by atoms with Crippen LogP contribution in [0.15, 0.2) is 52.1 Å². The maximum Gasteiger partial charge on any atom is 0.364 e. The number of carbonyl (C=O) groups is 3. The molecule has 0 spiro atoms. The van der Waals surface area contributed by atoms with E-state index in [4.69, 9.17) is 4.84 Å². The molecule has 0 saturated carbocycles. The van der Waals surface area contributed by atoms with Crippen molar-refractivity contribution in [3.05, 3.63) is 79.9 Å². The first-order chi connectivity index (χ1) is 12.5. The topological polar surface area (TPSA) is 129 Å². The van der Waals surface area contributed by atoms with Crippen LogP contribution in [0.2, 0.25) is 0 Å². The monoisotopic (exact) mass is 351 g/mol. The average Bonchev–Trinajstić information content (AvgIpc) is 2.87. The molecule has 0 fully saturated rings. The number of rotatable bonds is 2. The number of fused-ring (bicyclic) bond motifs is 2. The van der Waals surface area contributed by atoms with Crippen molar-refractivity contribution in [2.75, 3.05) is 0 Å². The van der Waals surface area contributed by atoms with Gasteiger partial charge in [-0.05, 0) is 30.3 Å². The molecule has 0 bridgehead atoms. The SMILES string of the molecule is O=C(ON1C(=O)c2ccccc2C1=O)c1ccc2[nH]c(=O)c(=O)[nH]c2c1. The Hall–Kier alpha value is -4.01. The van der Waals surface area contributed by atoms with Crippen LogP contribution in [0.1, 0.15) is 31.1 Å². The predicted molar refractivity (Wildman–Crippen MR) is 87.5 cm³/mol. The van der Waals surface area contributed by atoms with Crippen molar-refractivity contribution in [1.29, 1.82) is 0 Å². The largest absolute Gasteiger partial charge is 0.364 e. The molecule has 128 valence electrons. The van der Waals surface area contributed by atoms with Crippen molar-refractivity contribution in [1.82, 2.24) is 15.0 Å². The standard InChI is InChI=1S/C17H9N3O6/c21-13-14(22)19-12-7-8(5-6-11(12)18-13)17(25)26-20-15(23)9-3-1-2-4-10(9)16(20)24/h1-7H,(H,18,21)(H,19,22). The van der Waals surface area contributed by atoms with Gasteiger partial charge in [0.15, 0.2) is 0 Å². The molecule has 1 aromatic heterocycles. The van der Waals surface area contributed by atoms with Crippen LogP contribution in [0.3, 0.4) is 0 Å². The zero-order chi connectivity index (χ0) is 18.4. The number of hydroxylamine groups is 2. The van der Waals surface area contributed by atoms with Crippen LogP contribution in [0.4, 0.5) is 0 Å². The van der Waals surface area contributed by atoms with Crippen LogP contribution in [0.5, 0.6) is 0 Å². The first kappa shape index (κ1) is 15.5. The van der Waals surface area contributed by atoms with Crippen molar-refractivity contribution in [2.45, 2.75) is 0 Å². The van der Waals surface area contributed by atoms with Gasteiger partial charge >= 0.3 is 17.1 Å². The molecule has 2 amide bonds. The smallest absolute Gasteiger partial charge is 0.324 e. The molecule has 0 atom stereocenters. The number of nitrogens with one attached hydrogen (secondary N) is 2. The van der Waals surface area contributed by atoms with Crippen molar-refractivity contribution in [3.8, 4) is 0 Å². The van der Waals surface area contributed by atoms with E-state index in [0.717, 1.165) is 0 Å². The maximum absolute atomic E-state index is 12.3. The molecule has 1 aliphatic heterocycles. The minimum atomic E-state index is -0.964. The van der Waals surface area contributed by atoms with Crippen molar-refractivity contribution < 1.29 is 19.2 Å². The second kappa shape index (κ2) is 5.52. The van der Waals surface area contributed by atoms with Gasteiger partial charge in [0.1, 0.15) is 0 Å². The van der Waals surface area contributed by atoms with Crippen molar-refractivity contribution in [3.63, 3.8) is 0 Å². The van der Waals surface area contributed by atoms with Crippen LogP contribution in [0.25, 0.3) is 11.0 Å². The van der Waals surface area contributed by atoms with E-state index in [9.17, 15) is 24.0 Å². The zero-order valence-corrected chi connectivity index (χ0v) is 12.9. The number of imide groups is 1. The molecule has 0 saturated heterocycles. The Morgan fingerprint density at radius 2 is 1.38 bits per heavy atom. The van der Waals surface area contributed by atoms with E-state index >= 15 is 0 Å². The van der Waals surface area contributed by atoms with E-state index < -0.39 is 28.9 Å². The van der Waals surface area contributed by atoms with Gasteiger partial charge in [0.2, 0.25) is 0 Å². The number of nitrogens with zero attached hydrogens (tertiary/aromatic N) is 1. The first-order valence-electron chi connectivity index (χ1n) is 7.42. The summed E-state index contributed by atoms with van der Waals surface area (Å²) in [6, 6.07) is 10.1. The van der Waals surface area contributed by atoms with E-state index in [1.165, 1.54) is 30.3 Å². The number of H-pyrrole nitrogens is 2. The van der Waals surface area contributed by atoms with Gasteiger partial charge in [-0.1, -0.05) is 17.2 Å². The molecule has 0 aliphatic carbocycles. The van der Waals surface area contributed by atoms with Crippen LogP contribution < -0.4 is 11.1 Å². The number of carbonyl (C=O) groups excluding carboxylic acids is 3. The first-order valence-corrected chi connectivity index (χ1v) is 7.42. The Labute approximate surface area is 143 Å². The molecule has 1 aliphatic rings. The molecule has 2 heterocycles. The highest BCUT2D eigenvalue weighted by Gasteiger charge is 2.38. The highest BCUT2D eigenvalue weighted by atomic mass is 16.7. The van der Waals surface area contributed by atoms with Crippen LogP contribution in [-0.2, 0) is 4.84 Å². The number of amides is 2. The predicted octanol–water partition coefficient (Wildman–Crippen LogP) is 0.584. The van der Waals surface area contributed by atoms with Crippen molar-refractivity contribution >= 4 is 28.8 Å². The van der Waals surface area contributed by atoms with Gasteiger partial charge in [-0.25, -0.2) is 4.79 Å². The van der Waals surface area contributed by atoms with E-state index in [-0.39, 0.29) is 22.2 Å². The van der Waals surface area contributed by atoms with Crippen LogP contribution >= 0.6 is 0 Å². The Morgan fingerprint density at radius 1 is 0.808 bits per heavy atom. The molecule has 26 heavy (non-hydrogen) atoms. The minimum absolute atomic E-state index is 0.0169. The fraction of sp³-hybridized carbons (Fsp3) is 0. The Bertz CT molecular complexity index is 1190. The number of benzene rings is 2. The zero-order valence-electron chi connectivity index (χ0n) is 12.9. The molecular weight excluding hydrogens is 342 g/mol. The summed E-state index contributed by atoms with van der Waals surface area (Å²) in [5.74, 6) is -2.44. The van der Waals surface area contributed by atoms with Crippen LogP contribution in [-0.4, -0.2) is 32.8 Å². The lowest BCUT2D eigenvalue weighted by Gasteiger charge is -2.12. The quantitative estimate of drug-likeness (QED) is 0.513. The molecule has 2 aromatic carbocycles. The van der Waals surface area contributed by atoms with E-state index in [1.54, 1.807) is 12.1 Å². The Balaban J connectivity index is 1.65. The Morgan fingerprint density at radius 3 is 2.00 bits per heavy atom. The van der Waals surface area contributed by atoms with Gasteiger partial charge in [-0.3, -0.25) is 19.2 Å². The summed E-state index contributed by atoms with van der Waals surface area (Å²) in [4.78, 5) is 69.0. The summed E-state index contributed by atoms with van der Waals surface area (Å²) in [5, 5.41) is 0.396. The highest BCUT2D eigenvalue weighted by Crippen LogP contribution is 2.23. The average molecular weight is 351 g/mol. The molecule has 3 aromatic rings. The minimum Gasteiger partial charge on any atom is -0.324 e. The van der Waals surface area contributed by atoms with Gasteiger partial charge in [0.25, 0.3) is 11.8 Å². The number of aromatic nitrogens is 2. The maximum atomic E-state index is 12.3. The van der Waals surface area contributed by atoms with Crippen molar-refractivity contribution in [2.24, 2.45) is 0 Å². The molecule has 0 radical (unpaired) electrons. The summed E-state index contributed by atoms with van der Waals surface area (Å²) in [6.07, 6.45) is 0. The van der Waals surface area contributed by atoms with E-state index in [0.29, 0.717) is 10.6 Å². The third kappa shape index (κ3) is 2.30. The summed E-state index contributed by atoms with van der Waals surface area (Å²) in [5.41, 5.74) is -0.909. The fourth-order valence-corrected chi connectivity index (χ4v) is 2.63. The third-order valence-corrected chi connectivity index (χ3v) is 3.89. The van der Waals surface area contributed by atoms with Gasteiger partial charge < -0.3 is 14.8 Å². The lowest BCUT2D eigenvalue weighted by Crippen LogP contribution is -2.32. The highest BCUT2D eigenvalue weighted by molar-refractivity contribution is 6.21. The summed E-state index contributed by atoms with van der Waals surface area (Å²) < 4.78 is 0. The lowest BCUT2D eigenvalue weighted by atomic mass is 10.1. The molecule has 9 nitrogen and oxygen atoms in total. The third-order valence-electron chi connectivity index (χ3n) is 3.89. The normalized spacial score (nSPS) is 13.2.